The average Bonchev–Trinajstić information content (AvgIpc) is 3.45. The van der Waals surface area contributed by atoms with Crippen molar-refractivity contribution in [2.75, 3.05) is 11.9 Å². The largest absolute Gasteiger partial charge is 0.457 e. The van der Waals surface area contributed by atoms with Crippen molar-refractivity contribution in [2.24, 2.45) is 0 Å². The number of amides is 4. The lowest BCUT2D eigenvalue weighted by Gasteiger charge is -2.24. The van der Waals surface area contributed by atoms with E-state index in [1.54, 1.807) is 60.7 Å². The van der Waals surface area contributed by atoms with Crippen molar-refractivity contribution >= 4 is 29.3 Å². The molecule has 0 aliphatic carbocycles. The van der Waals surface area contributed by atoms with Gasteiger partial charge in [-0.25, -0.2) is 4.90 Å². The molecule has 4 amide bonds. The first-order chi connectivity index (χ1) is 22.9. The van der Waals surface area contributed by atoms with Gasteiger partial charge in [0.05, 0.1) is 27.9 Å². The third-order valence-electron chi connectivity index (χ3n) is 8.65. The van der Waals surface area contributed by atoms with Crippen LogP contribution in [-0.2, 0) is 5.41 Å². The first-order valence-electron chi connectivity index (χ1n) is 15.6. The molecule has 2 aliphatic heterocycles. The molecule has 0 fully saturated rings. The van der Waals surface area contributed by atoms with Crippen molar-refractivity contribution in [2.45, 2.75) is 33.1 Å². The van der Waals surface area contributed by atoms with Gasteiger partial charge in [0.25, 0.3) is 23.6 Å². The van der Waals surface area contributed by atoms with Gasteiger partial charge >= 0.3 is 0 Å². The Labute approximate surface area is 278 Å². The molecule has 0 radical (unpaired) electrons. The van der Waals surface area contributed by atoms with Gasteiger partial charge in [-0.05, 0) is 102 Å². The Balaban J connectivity index is 1.11. The third kappa shape index (κ3) is 5.31. The predicted molar refractivity (Wildman–Crippen MR) is 182 cm³/mol. The Kier molecular flexibility index (Phi) is 7.24. The highest BCUT2D eigenvalue weighted by molar-refractivity contribution is 6.34. The molecule has 0 aromatic heterocycles. The van der Waals surface area contributed by atoms with Gasteiger partial charge in [0.1, 0.15) is 23.0 Å². The molecule has 5 aromatic rings. The second-order valence-electron chi connectivity index (χ2n) is 13.1. The summed E-state index contributed by atoms with van der Waals surface area (Å²) in [6, 6.07) is 30.4. The Morgan fingerprint density at radius 3 is 1.65 bits per heavy atom. The van der Waals surface area contributed by atoms with Crippen LogP contribution >= 0.6 is 0 Å². The lowest BCUT2D eigenvalue weighted by Crippen LogP contribution is -2.29. The van der Waals surface area contributed by atoms with Crippen molar-refractivity contribution in [1.82, 2.24) is 4.90 Å². The molecule has 7 rings (SSSR count). The summed E-state index contributed by atoms with van der Waals surface area (Å²) in [7, 11) is 1.45. The Hall–Kier alpha value is -6.02. The monoisotopic (exact) mass is 636 g/mol. The fourth-order valence-corrected chi connectivity index (χ4v) is 5.98. The number of hydrogen-bond acceptors (Lipinski definition) is 6. The molecular formula is C40H32N2O6. The molecule has 0 atom stereocenters. The number of fused-ring (bicyclic) bond motifs is 2. The Bertz CT molecular complexity index is 2160. The van der Waals surface area contributed by atoms with Crippen LogP contribution in [0.2, 0.25) is 0 Å². The molecule has 8 nitrogen and oxygen atoms in total. The van der Waals surface area contributed by atoms with Crippen LogP contribution in [0.5, 0.6) is 23.0 Å². The van der Waals surface area contributed by atoms with Crippen molar-refractivity contribution < 1.29 is 28.7 Å². The van der Waals surface area contributed by atoms with E-state index in [1.165, 1.54) is 7.05 Å². The highest BCUT2D eigenvalue weighted by Crippen LogP contribution is 2.39. The normalized spacial score (nSPS) is 14.0. The van der Waals surface area contributed by atoms with Crippen LogP contribution in [0.25, 0.3) is 11.1 Å². The Morgan fingerprint density at radius 1 is 0.521 bits per heavy atom. The molecule has 0 unspecified atom stereocenters. The van der Waals surface area contributed by atoms with Crippen molar-refractivity contribution in [1.29, 1.82) is 0 Å². The molecule has 2 heterocycles. The van der Waals surface area contributed by atoms with E-state index in [-0.39, 0.29) is 22.8 Å². The van der Waals surface area contributed by atoms with Gasteiger partial charge in [0, 0.05) is 12.6 Å². The van der Waals surface area contributed by atoms with Gasteiger partial charge in [0.2, 0.25) is 0 Å². The molecule has 0 saturated heterocycles. The standard InChI is InChI=1S/C40H32N2O6/c1-23-6-12-27(13-7-23)47-29-16-19-35(34(22-29)40(2,3)4)48-28-14-10-26(11-15-28)42-38(45)31-18-9-25(21-33(31)39(42)46)24-8-17-30-32(20-24)37(44)41(5)36(30)43/h6-22H,1-5H3. The maximum Gasteiger partial charge on any atom is 0.266 e. The average molecular weight is 637 g/mol. The van der Waals surface area contributed by atoms with E-state index in [0.29, 0.717) is 50.8 Å². The van der Waals surface area contributed by atoms with Crippen LogP contribution in [0.15, 0.2) is 103 Å². The van der Waals surface area contributed by atoms with E-state index in [0.717, 1.165) is 26.7 Å². The molecule has 8 heteroatoms. The van der Waals surface area contributed by atoms with E-state index < -0.39 is 11.8 Å². The van der Waals surface area contributed by atoms with E-state index in [2.05, 4.69) is 20.8 Å². The number of carbonyl (C=O) groups is 4. The fourth-order valence-electron chi connectivity index (χ4n) is 5.98. The van der Waals surface area contributed by atoms with Crippen LogP contribution in [0.4, 0.5) is 5.69 Å². The van der Waals surface area contributed by atoms with Gasteiger partial charge in [0.15, 0.2) is 0 Å². The summed E-state index contributed by atoms with van der Waals surface area (Å²) in [6.45, 7) is 8.34. The fraction of sp³-hybridized carbons (Fsp3) is 0.150. The first-order valence-corrected chi connectivity index (χ1v) is 15.6. The third-order valence-corrected chi connectivity index (χ3v) is 8.65. The van der Waals surface area contributed by atoms with E-state index >= 15 is 0 Å². The summed E-state index contributed by atoms with van der Waals surface area (Å²) >= 11 is 0. The summed E-state index contributed by atoms with van der Waals surface area (Å²) in [5.41, 5.74) is 4.81. The van der Waals surface area contributed by atoms with E-state index in [4.69, 9.17) is 9.47 Å². The summed E-state index contributed by atoms with van der Waals surface area (Å²) in [4.78, 5) is 54.1. The SMILES string of the molecule is Cc1ccc(Oc2ccc(Oc3ccc(N4C(=O)c5ccc(-c6ccc7c(c6)C(=O)N(C)C7=O)cc5C4=O)cc3)c(C(C)(C)C)c2)cc1. The zero-order valence-corrected chi connectivity index (χ0v) is 27.2. The molecule has 5 aromatic carbocycles. The molecule has 0 spiro atoms. The van der Waals surface area contributed by atoms with Crippen molar-refractivity contribution in [3.63, 3.8) is 0 Å². The summed E-state index contributed by atoms with van der Waals surface area (Å²) in [5.74, 6) is 1.07. The molecule has 0 saturated carbocycles. The number of anilines is 1. The maximum absolute atomic E-state index is 13.6. The topological polar surface area (TPSA) is 93.2 Å². The van der Waals surface area contributed by atoms with Crippen molar-refractivity contribution in [3.05, 3.63) is 137 Å². The van der Waals surface area contributed by atoms with Gasteiger partial charge < -0.3 is 9.47 Å². The van der Waals surface area contributed by atoms with E-state index in [1.807, 2.05) is 49.4 Å². The minimum Gasteiger partial charge on any atom is -0.457 e. The molecule has 238 valence electrons. The second kappa shape index (κ2) is 11.3. The summed E-state index contributed by atoms with van der Waals surface area (Å²) in [6.07, 6.45) is 0. The number of carbonyl (C=O) groups excluding carboxylic acids is 4. The molecular weight excluding hydrogens is 604 g/mol. The van der Waals surface area contributed by atoms with Crippen LogP contribution in [0.1, 0.15) is 73.3 Å². The smallest absolute Gasteiger partial charge is 0.266 e. The number of benzene rings is 5. The molecule has 0 N–H and O–H groups in total. The molecule has 48 heavy (non-hydrogen) atoms. The number of nitrogens with zero attached hydrogens (tertiary/aromatic N) is 2. The highest BCUT2D eigenvalue weighted by atomic mass is 16.5. The zero-order valence-electron chi connectivity index (χ0n) is 27.2. The second-order valence-corrected chi connectivity index (χ2v) is 13.1. The minimum atomic E-state index is -0.447. The number of hydrogen-bond donors (Lipinski definition) is 0. The van der Waals surface area contributed by atoms with Crippen LogP contribution in [0, 0.1) is 6.92 Å². The predicted octanol–water partition coefficient (Wildman–Crippen LogP) is 8.57. The summed E-state index contributed by atoms with van der Waals surface area (Å²) < 4.78 is 12.4. The Morgan fingerprint density at radius 2 is 1.02 bits per heavy atom. The molecule has 0 bridgehead atoms. The number of imide groups is 2. The number of ether oxygens (including phenoxy) is 2. The van der Waals surface area contributed by atoms with Crippen LogP contribution in [-0.4, -0.2) is 35.6 Å². The van der Waals surface area contributed by atoms with Gasteiger partial charge in [-0.2, -0.15) is 0 Å². The lowest BCUT2D eigenvalue weighted by atomic mass is 9.86. The summed E-state index contributed by atoms with van der Waals surface area (Å²) in [5, 5.41) is 0. The van der Waals surface area contributed by atoms with Crippen LogP contribution < -0.4 is 14.4 Å². The minimum absolute atomic E-state index is 0.246. The lowest BCUT2D eigenvalue weighted by molar-refractivity contribution is 0.0692. The van der Waals surface area contributed by atoms with Gasteiger partial charge in [-0.1, -0.05) is 50.6 Å². The highest BCUT2D eigenvalue weighted by Gasteiger charge is 2.37. The number of rotatable bonds is 6. The quantitative estimate of drug-likeness (QED) is 0.173. The van der Waals surface area contributed by atoms with Crippen molar-refractivity contribution in [3.8, 4) is 34.1 Å². The van der Waals surface area contributed by atoms with E-state index in [9.17, 15) is 19.2 Å². The first kappa shape index (κ1) is 30.6. The van der Waals surface area contributed by atoms with Crippen LogP contribution in [0.3, 0.4) is 0 Å². The zero-order chi connectivity index (χ0) is 33.9. The van der Waals surface area contributed by atoms with Gasteiger partial charge in [-0.3, -0.25) is 24.1 Å². The molecule has 2 aliphatic rings. The maximum atomic E-state index is 13.6. The number of aryl methyl sites for hydroxylation is 1. The van der Waals surface area contributed by atoms with Gasteiger partial charge in [-0.15, -0.1) is 0 Å².